The molecular weight excluding hydrogens is 123 g/mol. The van der Waals surface area contributed by atoms with Crippen LogP contribution >= 0.6 is 9.24 Å². The molecule has 1 heterocycles. The molecule has 8 heavy (non-hydrogen) atoms. The number of hydrogen-bond donors (Lipinski definition) is 0. The monoisotopic (exact) mass is 134 g/mol. The van der Waals surface area contributed by atoms with Crippen LogP contribution in [0.2, 0.25) is 0 Å². The second-order valence-corrected chi connectivity index (χ2v) is 3.02. The smallest absolute Gasteiger partial charge is 0.163 e. The Kier molecular flexibility index (Phi) is 2.24. The zero-order valence-corrected chi connectivity index (χ0v) is 6.12. The molecule has 1 aliphatic rings. The molecule has 3 heteroatoms. The van der Waals surface area contributed by atoms with Gasteiger partial charge in [-0.15, -0.1) is 9.24 Å². The molecule has 1 aliphatic heterocycles. The van der Waals surface area contributed by atoms with Crippen LogP contribution in [0, 0.1) is 0 Å². The van der Waals surface area contributed by atoms with E-state index in [2.05, 4.69) is 16.2 Å². The normalized spacial score (nSPS) is 26.2. The van der Waals surface area contributed by atoms with Crippen LogP contribution in [0.15, 0.2) is 0 Å². The molecule has 2 atom stereocenters. The van der Waals surface area contributed by atoms with Gasteiger partial charge < -0.3 is 9.47 Å². The minimum atomic E-state index is 0.0278. The molecule has 1 saturated heterocycles. The lowest BCUT2D eigenvalue weighted by atomic mass is 10.5. The summed E-state index contributed by atoms with van der Waals surface area (Å²) in [4.78, 5) is 0. The lowest BCUT2D eigenvalue weighted by Crippen LogP contribution is -2.17. The highest BCUT2D eigenvalue weighted by atomic mass is 31.0. The summed E-state index contributed by atoms with van der Waals surface area (Å²) in [5.41, 5.74) is 0.414. The molecule has 0 amide bonds. The van der Waals surface area contributed by atoms with Crippen molar-refractivity contribution in [2.75, 3.05) is 13.2 Å². The Labute approximate surface area is 51.8 Å². The molecule has 0 bridgehead atoms. The van der Waals surface area contributed by atoms with Gasteiger partial charge in [0.1, 0.15) is 0 Å². The fourth-order valence-corrected chi connectivity index (χ4v) is 0.902. The highest BCUT2D eigenvalue weighted by Gasteiger charge is 2.18. The molecule has 0 N–H and O–H groups in total. The van der Waals surface area contributed by atoms with Gasteiger partial charge in [0.05, 0.1) is 13.2 Å². The quantitative estimate of drug-likeness (QED) is 0.489. The maximum absolute atomic E-state index is 5.17. The van der Waals surface area contributed by atoms with Gasteiger partial charge >= 0.3 is 0 Å². The van der Waals surface area contributed by atoms with E-state index in [0.29, 0.717) is 5.66 Å². The van der Waals surface area contributed by atoms with Gasteiger partial charge in [-0.3, -0.25) is 0 Å². The molecule has 1 rings (SSSR count). The fraction of sp³-hybridized carbons (Fsp3) is 1.00. The maximum atomic E-state index is 5.17. The van der Waals surface area contributed by atoms with Crippen molar-refractivity contribution in [3.63, 3.8) is 0 Å². The van der Waals surface area contributed by atoms with Crippen molar-refractivity contribution in [1.82, 2.24) is 0 Å². The first kappa shape index (κ1) is 6.47. The van der Waals surface area contributed by atoms with Gasteiger partial charge in [0.2, 0.25) is 0 Å². The average Bonchev–Trinajstić information content (AvgIpc) is 2.12. The van der Waals surface area contributed by atoms with E-state index in [9.17, 15) is 0 Å². The number of hydrogen-bond acceptors (Lipinski definition) is 2. The van der Waals surface area contributed by atoms with Crippen LogP contribution in [0.1, 0.15) is 6.92 Å². The first-order chi connectivity index (χ1) is 3.80. The molecule has 0 radical (unpaired) electrons. The fourth-order valence-electron chi connectivity index (χ4n) is 0.680. The van der Waals surface area contributed by atoms with E-state index in [0.717, 1.165) is 13.2 Å². The summed E-state index contributed by atoms with van der Waals surface area (Å²) in [5, 5.41) is 0. The third-order valence-corrected chi connectivity index (χ3v) is 1.39. The maximum Gasteiger partial charge on any atom is 0.163 e. The molecule has 0 saturated carbocycles. The van der Waals surface area contributed by atoms with Crippen molar-refractivity contribution in [3.8, 4) is 0 Å². The van der Waals surface area contributed by atoms with E-state index in [1.54, 1.807) is 0 Å². The molecule has 1 fully saturated rings. The standard InChI is InChI=1S/C5H11O2P/c1-4(8)5-6-2-3-7-5/h4-5H,2-3,8H2,1H3. The summed E-state index contributed by atoms with van der Waals surface area (Å²) in [6.45, 7) is 3.56. The summed E-state index contributed by atoms with van der Waals surface area (Å²) in [5.74, 6) is 0. The second-order valence-electron chi connectivity index (χ2n) is 1.97. The lowest BCUT2D eigenvalue weighted by Gasteiger charge is -2.10. The van der Waals surface area contributed by atoms with Crippen molar-refractivity contribution >= 4 is 9.24 Å². The highest BCUT2D eigenvalue weighted by Crippen LogP contribution is 2.14. The van der Waals surface area contributed by atoms with E-state index >= 15 is 0 Å². The molecular formula is C5H11O2P. The molecule has 0 spiro atoms. The van der Waals surface area contributed by atoms with Gasteiger partial charge in [-0.05, 0) is 0 Å². The van der Waals surface area contributed by atoms with Gasteiger partial charge in [-0.25, -0.2) is 0 Å². The van der Waals surface area contributed by atoms with E-state index in [-0.39, 0.29) is 6.29 Å². The van der Waals surface area contributed by atoms with Crippen LogP contribution in [-0.2, 0) is 9.47 Å². The predicted octanol–water partition coefficient (Wildman–Crippen LogP) is 0.623. The lowest BCUT2D eigenvalue weighted by molar-refractivity contribution is -0.0387. The first-order valence-corrected chi connectivity index (χ1v) is 3.46. The van der Waals surface area contributed by atoms with Crippen molar-refractivity contribution in [2.45, 2.75) is 18.9 Å². The Morgan fingerprint density at radius 3 is 2.25 bits per heavy atom. The van der Waals surface area contributed by atoms with Crippen molar-refractivity contribution in [1.29, 1.82) is 0 Å². The highest BCUT2D eigenvalue weighted by molar-refractivity contribution is 7.17. The summed E-state index contributed by atoms with van der Waals surface area (Å²) < 4.78 is 10.3. The Balaban J connectivity index is 2.24. The number of rotatable bonds is 1. The van der Waals surface area contributed by atoms with E-state index < -0.39 is 0 Å². The predicted molar refractivity (Wildman–Crippen MR) is 34.9 cm³/mol. The minimum Gasteiger partial charge on any atom is -0.350 e. The van der Waals surface area contributed by atoms with Gasteiger partial charge in [0.15, 0.2) is 6.29 Å². The molecule has 0 aromatic heterocycles. The molecule has 2 unspecified atom stereocenters. The molecule has 0 aromatic carbocycles. The zero-order chi connectivity index (χ0) is 5.98. The van der Waals surface area contributed by atoms with E-state index in [4.69, 9.17) is 9.47 Å². The zero-order valence-electron chi connectivity index (χ0n) is 4.96. The summed E-state index contributed by atoms with van der Waals surface area (Å²) >= 11 is 0. The molecule has 0 aromatic rings. The van der Waals surface area contributed by atoms with Gasteiger partial charge in [-0.1, -0.05) is 6.92 Å². The van der Waals surface area contributed by atoms with Crippen LogP contribution in [0.3, 0.4) is 0 Å². The Morgan fingerprint density at radius 1 is 1.50 bits per heavy atom. The van der Waals surface area contributed by atoms with E-state index in [1.165, 1.54) is 0 Å². The van der Waals surface area contributed by atoms with Crippen molar-refractivity contribution < 1.29 is 9.47 Å². The Morgan fingerprint density at radius 2 is 2.00 bits per heavy atom. The second kappa shape index (κ2) is 2.77. The first-order valence-electron chi connectivity index (χ1n) is 2.79. The average molecular weight is 134 g/mol. The summed E-state index contributed by atoms with van der Waals surface area (Å²) in [6, 6.07) is 0. The van der Waals surface area contributed by atoms with Crippen LogP contribution < -0.4 is 0 Å². The Bertz CT molecular complexity index is 68.8. The third kappa shape index (κ3) is 1.41. The van der Waals surface area contributed by atoms with Gasteiger partial charge in [0, 0.05) is 5.66 Å². The van der Waals surface area contributed by atoms with Crippen LogP contribution in [0.5, 0.6) is 0 Å². The van der Waals surface area contributed by atoms with Crippen molar-refractivity contribution in [2.24, 2.45) is 0 Å². The van der Waals surface area contributed by atoms with Crippen LogP contribution in [0.25, 0.3) is 0 Å². The Hall–Kier alpha value is 0.350. The number of ether oxygens (including phenoxy) is 2. The summed E-state index contributed by atoms with van der Waals surface area (Å²) in [7, 11) is 2.65. The van der Waals surface area contributed by atoms with Gasteiger partial charge in [0.25, 0.3) is 0 Å². The van der Waals surface area contributed by atoms with Crippen LogP contribution in [0.4, 0.5) is 0 Å². The molecule has 2 nitrogen and oxygen atoms in total. The topological polar surface area (TPSA) is 18.5 Å². The third-order valence-electron chi connectivity index (χ3n) is 1.08. The SMILES string of the molecule is CC(P)C1OCCO1. The molecule has 48 valence electrons. The molecule has 0 aliphatic carbocycles. The minimum absolute atomic E-state index is 0.0278. The van der Waals surface area contributed by atoms with Crippen molar-refractivity contribution in [3.05, 3.63) is 0 Å². The summed E-state index contributed by atoms with van der Waals surface area (Å²) in [6.07, 6.45) is 0.0278. The van der Waals surface area contributed by atoms with Gasteiger partial charge in [-0.2, -0.15) is 0 Å². The van der Waals surface area contributed by atoms with E-state index in [1.807, 2.05) is 0 Å². The van der Waals surface area contributed by atoms with Crippen LogP contribution in [-0.4, -0.2) is 25.2 Å². The largest absolute Gasteiger partial charge is 0.350 e.